The lowest BCUT2D eigenvalue weighted by Gasteiger charge is -2.00. The van der Waals surface area contributed by atoms with Crippen molar-refractivity contribution in [2.24, 2.45) is 0 Å². The van der Waals surface area contributed by atoms with Crippen molar-refractivity contribution in [3.8, 4) is 10.8 Å². The zero-order valence-corrected chi connectivity index (χ0v) is 13.8. The summed E-state index contributed by atoms with van der Waals surface area (Å²) >= 11 is 1.57. The molecule has 4 aromatic rings. The summed E-state index contributed by atoms with van der Waals surface area (Å²) in [7, 11) is 0. The molecule has 0 aliphatic carbocycles. The number of rotatable bonds is 6. The molecule has 7 heteroatoms. The monoisotopic (exact) mass is 336 g/mol. The lowest BCUT2D eigenvalue weighted by molar-refractivity contribution is 0.673. The van der Waals surface area contributed by atoms with E-state index < -0.39 is 0 Å². The summed E-state index contributed by atoms with van der Waals surface area (Å²) < 4.78 is 2.04. The Hall–Kier alpha value is -2.64. The van der Waals surface area contributed by atoms with Crippen LogP contribution in [0.1, 0.15) is 11.4 Å². The molecule has 0 bridgehead atoms. The van der Waals surface area contributed by atoms with E-state index in [-0.39, 0.29) is 0 Å². The minimum absolute atomic E-state index is 0.679. The van der Waals surface area contributed by atoms with Crippen LogP contribution in [-0.2, 0) is 13.0 Å². The van der Waals surface area contributed by atoms with Crippen LogP contribution in [0.5, 0.6) is 0 Å². The van der Waals surface area contributed by atoms with E-state index in [1.807, 2.05) is 34.2 Å². The predicted octanol–water partition coefficient (Wildman–Crippen LogP) is 2.58. The first-order valence-corrected chi connectivity index (χ1v) is 8.61. The summed E-state index contributed by atoms with van der Waals surface area (Å²) in [6.07, 6.45) is 8.44. The van der Waals surface area contributed by atoms with E-state index >= 15 is 0 Å². The second-order valence-corrected chi connectivity index (χ2v) is 6.20. The Morgan fingerprint density at radius 3 is 2.83 bits per heavy atom. The summed E-state index contributed by atoms with van der Waals surface area (Å²) in [6, 6.07) is 7.83. The summed E-state index contributed by atoms with van der Waals surface area (Å²) in [4.78, 5) is 17.6. The van der Waals surface area contributed by atoms with Crippen LogP contribution in [0, 0.1) is 0 Å². The summed E-state index contributed by atoms with van der Waals surface area (Å²) in [6.45, 7) is 1.59. The first-order chi connectivity index (χ1) is 11.9. The van der Waals surface area contributed by atoms with Crippen molar-refractivity contribution in [1.29, 1.82) is 0 Å². The molecule has 0 aromatic carbocycles. The minimum Gasteiger partial charge on any atom is -0.311 e. The Morgan fingerprint density at radius 2 is 1.96 bits per heavy atom. The molecular formula is C17H16N6S. The van der Waals surface area contributed by atoms with Gasteiger partial charge in [-0.3, -0.25) is 0 Å². The van der Waals surface area contributed by atoms with Gasteiger partial charge in [-0.2, -0.15) is 0 Å². The fraction of sp³-hybridized carbons (Fsp3) is 0.176. The molecule has 0 aliphatic rings. The largest absolute Gasteiger partial charge is 0.311 e. The van der Waals surface area contributed by atoms with E-state index in [2.05, 4.69) is 31.4 Å². The van der Waals surface area contributed by atoms with Crippen LogP contribution in [-0.4, -0.2) is 30.9 Å². The Bertz CT molecular complexity index is 897. The number of nitrogens with zero attached hydrogens (tertiary/aromatic N) is 5. The Labute approximate surface area is 143 Å². The molecule has 1 N–H and O–H groups in total. The zero-order chi connectivity index (χ0) is 16.2. The molecule has 0 amide bonds. The fourth-order valence-corrected chi connectivity index (χ4v) is 3.21. The van der Waals surface area contributed by atoms with Gasteiger partial charge in [-0.1, -0.05) is 6.07 Å². The number of imidazole rings is 1. The second-order valence-electron chi connectivity index (χ2n) is 5.34. The topological polar surface area (TPSA) is 68.0 Å². The first-order valence-electron chi connectivity index (χ1n) is 7.73. The van der Waals surface area contributed by atoms with Gasteiger partial charge < -0.3 is 9.72 Å². The van der Waals surface area contributed by atoms with Gasteiger partial charge in [-0.05, 0) is 18.2 Å². The maximum atomic E-state index is 4.59. The van der Waals surface area contributed by atoms with E-state index in [0.717, 1.165) is 41.6 Å². The van der Waals surface area contributed by atoms with Crippen molar-refractivity contribution < 1.29 is 0 Å². The van der Waals surface area contributed by atoms with Crippen molar-refractivity contribution in [3.63, 3.8) is 0 Å². The van der Waals surface area contributed by atoms with Gasteiger partial charge in [0.2, 0.25) is 0 Å². The van der Waals surface area contributed by atoms with Crippen LogP contribution < -0.4 is 5.32 Å². The Kier molecular flexibility index (Phi) is 4.26. The predicted molar refractivity (Wildman–Crippen MR) is 93.7 cm³/mol. The second kappa shape index (κ2) is 6.86. The minimum atomic E-state index is 0.679. The molecule has 0 spiro atoms. The molecule has 4 aromatic heterocycles. The number of hydrogen-bond acceptors (Lipinski definition) is 6. The van der Waals surface area contributed by atoms with Crippen molar-refractivity contribution in [1.82, 2.24) is 29.7 Å². The molecule has 0 fully saturated rings. The van der Waals surface area contributed by atoms with Crippen LogP contribution in [0.4, 0.5) is 0 Å². The Morgan fingerprint density at radius 1 is 1.04 bits per heavy atom. The van der Waals surface area contributed by atoms with E-state index in [1.165, 1.54) is 0 Å². The van der Waals surface area contributed by atoms with Crippen molar-refractivity contribution in [2.75, 3.05) is 6.54 Å². The smallest absolute Gasteiger partial charge is 0.188 e. The third-order valence-corrected chi connectivity index (χ3v) is 4.47. The van der Waals surface area contributed by atoms with Crippen molar-refractivity contribution >= 4 is 17.0 Å². The highest BCUT2D eigenvalue weighted by Crippen LogP contribution is 2.19. The highest BCUT2D eigenvalue weighted by molar-refractivity contribution is 7.13. The van der Waals surface area contributed by atoms with Crippen molar-refractivity contribution in [3.05, 3.63) is 65.8 Å². The number of thiazole rings is 1. The summed E-state index contributed by atoms with van der Waals surface area (Å²) in [5.74, 6) is 0.679. The third-order valence-electron chi connectivity index (χ3n) is 3.59. The molecule has 0 unspecified atom stereocenters. The van der Waals surface area contributed by atoms with Crippen LogP contribution >= 0.6 is 11.3 Å². The van der Waals surface area contributed by atoms with E-state index in [0.29, 0.717) is 5.82 Å². The average molecular weight is 336 g/mol. The highest BCUT2D eigenvalue weighted by Gasteiger charge is 2.06. The number of hydrogen-bond donors (Lipinski definition) is 1. The van der Waals surface area contributed by atoms with Gasteiger partial charge in [0.1, 0.15) is 5.65 Å². The molecule has 0 saturated heterocycles. The maximum absolute atomic E-state index is 4.59. The Balaban J connectivity index is 1.30. The van der Waals surface area contributed by atoms with Crippen LogP contribution in [0.25, 0.3) is 16.5 Å². The molecule has 0 atom stereocenters. The highest BCUT2D eigenvalue weighted by atomic mass is 32.1. The quantitative estimate of drug-likeness (QED) is 0.548. The fourth-order valence-electron chi connectivity index (χ4n) is 2.44. The van der Waals surface area contributed by atoms with E-state index in [1.54, 1.807) is 29.8 Å². The van der Waals surface area contributed by atoms with Crippen LogP contribution in [0.15, 0.2) is 54.4 Å². The van der Waals surface area contributed by atoms with Crippen molar-refractivity contribution in [2.45, 2.75) is 13.0 Å². The molecule has 4 heterocycles. The number of fused-ring (bicyclic) bond motifs is 1. The number of aromatic nitrogens is 5. The molecule has 120 valence electrons. The van der Waals surface area contributed by atoms with E-state index in [4.69, 9.17) is 0 Å². The lowest BCUT2D eigenvalue weighted by Crippen LogP contribution is -2.17. The summed E-state index contributed by atoms with van der Waals surface area (Å²) in [5, 5.41) is 6.31. The average Bonchev–Trinajstić information content (AvgIpc) is 3.26. The maximum Gasteiger partial charge on any atom is 0.188 e. The number of nitrogens with one attached hydrogen (secondary N) is 1. The van der Waals surface area contributed by atoms with Gasteiger partial charge in [0, 0.05) is 49.7 Å². The molecule has 24 heavy (non-hydrogen) atoms. The SMILES string of the molecule is c1cnc(-c2nc(CNCCc3cn4ccccc4n3)cs2)nc1. The van der Waals surface area contributed by atoms with Gasteiger partial charge in [0.05, 0.1) is 11.4 Å². The first kappa shape index (κ1) is 14.9. The van der Waals surface area contributed by atoms with Gasteiger partial charge in [0.15, 0.2) is 10.8 Å². The van der Waals surface area contributed by atoms with Gasteiger partial charge in [0.25, 0.3) is 0 Å². The molecule has 6 nitrogen and oxygen atoms in total. The molecule has 4 rings (SSSR count). The van der Waals surface area contributed by atoms with Gasteiger partial charge in [-0.15, -0.1) is 11.3 Å². The molecule has 0 saturated carbocycles. The summed E-state index contributed by atoms with van der Waals surface area (Å²) in [5.41, 5.74) is 3.09. The molecular weight excluding hydrogens is 320 g/mol. The van der Waals surface area contributed by atoms with Gasteiger partial charge >= 0.3 is 0 Å². The van der Waals surface area contributed by atoms with Crippen LogP contribution in [0.3, 0.4) is 0 Å². The molecule has 0 aliphatic heterocycles. The van der Waals surface area contributed by atoms with Crippen LogP contribution in [0.2, 0.25) is 0 Å². The zero-order valence-electron chi connectivity index (χ0n) is 13.0. The lowest BCUT2D eigenvalue weighted by atomic mass is 10.3. The number of pyridine rings is 1. The molecule has 0 radical (unpaired) electrons. The van der Waals surface area contributed by atoms with E-state index in [9.17, 15) is 0 Å². The van der Waals surface area contributed by atoms with Gasteiger partial charge in [-0.25, -0.2) is 19.9 Å². The third kappa shape index (κ3) is 3.32. The standard InChI is InChI=1S/C17H16N6S/c1-2-9-23-11-13(21-15(23)4-1)5-8-18-10-14-12-24-17(22-14)16-19-6-3-7-20-16/h1-4,6-7,9,11-12,18H,5,8,10H2. The normalized spacial score (nSPS) is 11.2.